The second kappa shape index (κ2) is 11.0. The molecule has 178 valence electrons. The van der Waals surface area contributed by atoms with Crippen molar-refractivity contribution in [3.63, 3.8) is 0 Å². The number of carbonyl (C=O) groups excluding carboxylic acids is 1. The van der Waals surface area contributed by atoms with Crippen molar-refractivity contribution in [1.82, 2.24) is 10.6 Å². The van der Waals surface area contributed by atoms with Crippen molar-refractivity contribution >= 4 is 12.1 Å². The van der Waals surface area contributed by atoms with Crippen LogP contribution in [0.2, 0.25) is 0 Å². The van der Waals surface area contributed by atoms with Crippen LogP contribution in [0.15, 0.2) is 24.3 Å². The van der Waals surface area contributed by atoms with Crippen molar-refractivity contribution in [3.8, 4) is 5.75 Å². The van der Waals surface area contributed by atoms with Gasteiger partial charge in [-0.2, -0.15) is 0 Å². The Morgan fingerprint density at radius 1 is 1.12 bits per heavy atom. The maximum Gasteiger partial charge on any atom is 0.407 e. The molecule has 3 N–H and O–H groups in total. The number of carboxylic acid groups (broad SMARTS) is 1. The Morgan fingerprint density at radius 3 is 2.53 bits per heavy atom. The number of rotatable bonds is 8. The molecule has 2 atom stereocenters. The van der Waals surface area contributed by atoms with Gasteiger partial charge in [-0.15, -0.1) is 0 Å². The number of benzene rings is 1. The predicted molar refractivity (Wildman–Crippen MR) is 120 cm³/mol. The molecule has 3 rings (SSSR count). The Kier molecular flexibility index (Phi) is 8.37. The molecule has 1 saturated heterocycles. The summed E-state index contributed by atoms with van der Waals surface area (Å²) in [5, 5.41) is 15.3. The van der Waals surface area contributed by atoms with Crippen molar-refractivity contribution in [2.45, 2.75) is 82.6 Å². The summed E-state index contributed by atoms with van der Waals surface area (Å²) in [6.45, 7) is 6.62. The first-order valence-corrected chi connectivity index (χ1v) is 11.5. The fraction of sp³-hybridized carbons (Fsp3) is 0.667. The molecule has 2 aliphatic rings. The van der Waals surface area contributed by atoms with Crippen LogP contribution in [0.5, 0.6) is 5.75 Å². The molecule has 1 heterocycles. The van der Waals surface area contributed by atoms with E-state index in [9.17, 15) is 9.59 Å². The van der Waals surface area contributed by atoms with E-state index >= 15 is 0 Å². The van der Waals surface area contributed by atoms with E-state index in [4.69, 9.17) is 19.3 Å². The van der Waals surface area contributed by atoms with Gasteiger partial charge in [0.15, 0.2) is 6.61 Å². The monoisotopic (exact) mass is 448 g/mol. The van der Waals surface area contributed by atoms with Crippen molar-refractivity contribution < 1.29 is 28.9 Å². The third-order valence-corrected chi connectivity index (χ3v) is 5.95. The summed E-state index contributed by atoms with van der Waals surface area (Å²) in [6, 6.07) is 7.77. The van der Waals surface area contributed by atoms with Crippen molar-refractivity contribution in [3.05, 3.63) is 29.8 Å². The van der Waals surface area contributed by atoms with Gasteiger partial charge in [-0.1, -0.05) is 18.2 Å². The lowest BCUT2D eigenvalue weighted by molar-refractivity contribution is -0.139. The molecule has 0 aromatic heterocycles. The van der Waals surface area contributed by atoms with Gasteiger partial charge >= 0.3 is 12.1 Å². The Balaban J connectivity index is 1.44. The highest BCUT2D eigenvalue weighted by Crippen LogP contribution is 2.38. The number of hydrogen-bond acceptors (Lipinski definition) is 6. The molecule has 0 radical (unpaired) electrons. The Bertz CT molecular complexity index is 770. The number of carbonyl (C=O) groups is 2. The van der Waals surface area contributed by atoms with Gasteiger partial charge in [-0.25, -0.2) is 9.59 Å². The zero-order valence-electron chi connectivity index (χ0n) is 19.3. The first kappa shape index (κ1) is 24.3. The zero-order valence-corrected chi connectivity index (χ0v) is 19.3. The lowest BCUT2D eigenvalue weighted by Crippen LogP contribution is -2.47. The molecule has 0 spiro atoms. The van der Waals surface area contributed by atoms with Crippen LogP contribution in [0.25, 0.3) is 0 Å². The smallest absolute Gasteiger partial charge is 0.407 e. The molecule has 1 amide bonds. The maximum absolute atomic E-state index is 12.1. The van der Waals surface area contributed by atoms with Crippen LogP contribution in [-0.4, -0.2) is 60.7 Å². The van der Waals surface area contributed by atoms with E-state index < -0.39 is 11.6 Å². The van der Waals surface area contributed by atoms with E-state index in [1.807, 2.05) is 45.0 Å². The highest BCUT2D eigenvalue weighted by Gasteiger charge is 2.32. The Hall–Kier alpha value is -2.32. The van der Waals surface area contributed by atoms with Crippen molar-refractivity contribution in [1.29, 1.82) is 0 Å². The average Bonchev–Trinajstić information content (AvgIpc) is 3.16. The van der Waals surface area contributed by atoms with E-state index in [2.05, 4.69) is 10.6 Å². The van der Waals surface area contributed by atoms with E-state index in [-0.39, 0.29) is 30.9 Å². The molecule has 8 heteroatoms. The summed E-state index contributed by atoms with van der Waals surface area (Å²) in [7, 11) is 0. The van der Waals surface area contributed by atoms with Gasteiger partial charge in [0.25, 0.3) is 0 Å². The largest absolute Gasteiger partial charge is 0.482 e. The first-order chi connectivity index (χ1) is 15.2. The number of alkyl carbamates (subject to hydrolysis) is 1. The molecule has 32 heavy (non-hydrogen) atoms. The predicted octanol–water partition coefficient (Wildman–Crippen LogP) is 3.45. The normalized spacial score (nSPS) is 25.8. The number of ether oxygens (including phenoxy) is 3. The fourth-order valence-electron chi connectivity index (χ4n) is 4.44. The summed E-state index contributed by atoms with van der Waals surface area (Å²) in [5.74, 6) is 0.0217. The molecular formula is C24H36N2O6. The minimum absolute atomic E-state index is 0.000509. The van der Waals surface area contributed by atoms with E-state index in [0.717, 1.165) is 44.2 Å². The molecule has 1 aliphatic heterocycles. The van der Waals surface area contributed by atoms with Crippen LogP contribution in [0, 0.1) is 0 Å². The van der Waals surface area contributed by atoms with Gasteiger partial charge in [-0.3, -0.25) is 0 Å². The lowest BCUT2D eigenvalue weighted by Gasteiger charge is -2.31. The highest BCUT2D eigenvalue weighted by molar-refractivity contribution is 5.68. The highest BCUT2D eigenvalue weighted by atomic mass is 16.6. The van der Waals surface area contributed by atoms with E-state index in [1.165, 1.54) is 0 Å². The lowest BCUT2D eigenvalue weighted by atomic mass is 9.82. The van der Waals surface area contributed by atoms with Crippen LogP contribution in [0.3, 0.4) is 0 Å². The number of aliphatic carboxylic acids is 1. The minimum Gasteiger partial charge on any atom is -0.482 e. The van der Waals surface area contributed by atoms with Gasteiger partial charge in [0.05, 0.1) is 24.8 Å². The summed E-state index contributed by atoms with van der Waals surface area (Å²) in [4.78, 5) is 23.0. The van der Waals surface area contributed by atoms with Crippen LogP contribution in [0.1, 0.15) is 64.4 Å². The van der Waals surface area contributed by atoms with Crippen LogP contribution < -0.4 is 15.4 Å². The van der Waals surface area contributed by atoms with E-state index in [1.54, 1.807) is 0 Å². The standard InChI is InChI=1S/C24H36N2O6/c1-24(2,3)32-23(29)26-19-12-13-25-20(19)14-30-17-10-8-16(9-11-17)18-6-4-5-7-21(18)31-15-22(27)28/h4-7,16-17,19-20,25H,8-15H2,1-3H3,(H,26,29)(H,27,28)/t16-,17+,19?,20?. The van der Waals surface area contributed by atoms with E-state index in [0.29, 0.717) is 18.3 Å². The number of hydrogen-bond donors (Lipinski definition) is 3. The Morgan fingerprint density at radius 2 is 1.84 bits per heavy atom. The van der Waals surface area contributed by atoms with Gasteiger partial charge in [0.1, 0.15) is 11.4 Å². The molecule has 8 nitrogen and oxygen atoms in total. The van der Waals surface area contributed by atoms with Gasteiger partial charge in [0.2, 0.25) is 0 Å². The minimum atomic E-state index is -0.975. The number of carboxylic acids is 1. The second-order valence-corrected chi connectivity index (χ2v) is 9.63. The maximum atomic E-state index is 12.1. The molecule has 1 aromatic rings. The molecular weight excluding hydrogens is 412 g/mol. The number of nitrogens with one attached hydrogen (secondary N) is 2. The van der Waals surface area contributed by atoms with Crippen molar-refractivity contribution in [2.75, 3.05) is 19.8 Å². The van der Waals surface area contributed by atoms with Gasteiger partial charge in [-0.05, 0) is 77.0 Å². The average molecular weight is 449 g/mol. The fourth-order valence-corrected chi connectivity index (χ4v) is 4.44. The summed E-state index contributed by atoms with van der Waals surface area (Å²) < 4.78 is 17.1. The number of amides is 1. The molecule has 1 saturated carbocycles. The van der Waals surface area contributed by atoms with Crippen LogP contribution in [-0.2, 0) is 14.3 Å². The summed E-state index contributed by atoms with van der Waals surface area (Å²) in [6.07, 6.45) is 4.46. The third kappa shape index (κ3) is 7.38. The first-order valence-electron chi connectivity index (χ1n) is 11.5. The third-order valence-electron chi connectivity index (χ3n) is 5.95. The Labute approximate surface area is 190 Å². The van der Waals surface area contributed by atoms with Crippen LogP contribution in [0.4, 0.5) is 4.79 Å². The second-order valence-electron chi connectivity index (χ2n) is 9.63. The topological polar surface area (TPSA) is 106 Å². The van der Waals surface area contributed by atoms with Crippen LogP contribution >= 0.6 is 0 Å². The van der Waals surface area contributed by atoms with Gasteiger partial charge < -0.3 is 30.0 Å². The summed E-state index contributed by atoms with van der Waals surface area (Å²) in [5.41, 5.74) is 0.559. The molecule has 1 aromatic carbocycles. The molecule has 2 unspecified atom stereocenters. The SMILES string of the molecule is CC(C)(C)OC(=O)NC1CCNC1CO[C@H]1CC[C@@H](c2ccccc2OCC(=O)O)CC1. The van der Waals surface area contributed by atoms with Crippen molar-refractivity contribution in [2.24, 2.45) is 0 Å². The zero-order chi connectivity index (χ0) is 23.1. The molecule has 0 bridgehead atoms. The molecule has 2 fully saturated rings. The quantitative estimate of drug-likeness (QED) is 0.559. The molecule has 1 aliphatic carbocycles. The summed E-state index contributed by atoms with van der Waals surface area (Å²) >= 11 is 0. The van der Waals surface area contributed by atoms with Gasteiger partial charge in [0, 0.05) is 0 Å². The number of para-hydroxylation sites is 1.